The van der Waals surface area contributed by atoms with Crippen molar-refractivity contribution in [2.24, 2.45) is 5.92 Å². The first-order chi connectivity index (χ1) is 14.8. The van der Waals surface area contributed by atoms with E-state index in [1.54, 1.807) is 0 Å². The molecule has 2 aromatic rings. The number of fused-ring (bicyclic) bond motifs is 1. The maximum Gasteiger partial charge on any atom is 0.238 e. The van der Waals surface area contributed by atoms with E-state index in [1.165, 1.54) is 11.9 Å². The molecule has 1 amide bonds. The molecule has 2 N–H and O–H groups in total. The first-order valence-electron chi connectivity index (χ1n) is 10.3. The molecule has 2 aromatic carbocycles. The highest BCUT2D eigenvalue weighted by molar-refractivity contribution is 7.80. The van der Waals surface area contributed by atoms with E-state index in [4.69, 9.17) is 17.0 Å². The molecule has 8 heteroatoms. The SMILES string of the molecule is CC(=O)N(NC(=S)c1cc(F)ccc1F)C1c2ccccc2OCC1CCNC(C)C. The lowest BCUT2D eigenvalue weighted by molar-refractivity contribution is -0.135. The van der Waals surface area contributed by atoms with E-state index in [-0.39, 0.29) is 28.4 Å². The van der Waals surface area contributed by atoms with E-state index in [1.807, 2.05) is 24.3 Å². The van der Waals surface area contributed by atoms with Gasteiger partial charge in [-0.25, -0.2) is 13.8 Å². The van der Waals surface area contributed by atoms with Crippen molar-refractivity contribution in [2.45, 2.75) is 39.3 Å². The average Bonchev–Trinajstić information content (AvgIpc) is 2.73. The number of amides is 1. The van der Waals surface area contributed by atoms with E-state index in [0.29, 0.717) is 18.4 Å². The van der Waals surface area contributed by atoms with E-state index in [0.717, 1.165) is 36.7 Å². The molecule has 0 fully saturated rings. The summed E-state index contributed by atoms with van der Waals surface area (Å²) in [7, 11) is 0. The molecular weight excluding hydrogens is 420 g/mol. The third-order valence-corrected chi connectivity index (χ3v) is 5.53. The standard InChI is InChI=1S/C23H27F2N3O2S/c1-14(2)26-11-10-16-13-30-21-7-5-4-6-18(21)22(16)28(15(3)29)27-23(31)19-12-17(24)8-9-20(19)25/h4-9,12,14,16,22,26H,10-11,13H2,1-3H3,(H,27,31). The number of para-hydroxylation sites is 1. The van der Waals surface area contributed by atoms with Crippen molar-refractivity contribution in [3.05, 3.63) is 65.2 Å². The molecule has 5 nitrogen and oxygen atoms in total. The van der Waals surface area contributed by atoms with Gasteiger partial charge in [-0.15, -0.1) is 0 Å². The second-order valence-corrected chi connectivity index (χ2v) is 8.31. The molecule has 1 aliphatic rings. The summed E-state index contributed by atoms with van der Waals surface area (Å²) in [5.41, 5.74) is 3.62. The molecule has 0 radical (unpaired) electrons. The zero-order chi connectivity index (χ0) is 22.5. The van der Waals surface area contributed by atoms with Crippen molar-refractivity contribution in [3.8, 4) is 5.75 Å². The summed E-state index contributed by atoms with van der Waals surface area (Å²) in [6, 6.07) is 10.5. The minimum Gasteiger partial charge on any atom is -0.493 e. The fourth-order valence-corrected chi connectivity index (χ4v) is 3.99. The molecule has 0 spiro atoms. The Bertz CT molecular complexity index is 954. The second kappa shape index (κ2) is 10.2. The van der Waals surface area contributed by atoms with Gasteiger partial charge in [-0.2, -0.15) is 0 Å². The molecule has 0 bridgehead atoms. The van der Waals surface area contributed by atoms with Crippen LogP contribution in [0, 0.1) is 17.6 Å². The van der Waals surface area contributed by atoms with E-state index in [2.05, 4.69) is 24.6 Å². The van der Waals surface area contributed by atoms with Crippen LogP contribution in [0.4, 0.5) is 8.78 Å². The quantitative estimate of drug-likeness (QED) is 0.515. The van der Waals surface area contributed by atoms with Crippen LogP contribution in [0.3, 0.4) is 0 Å². The largest absolute Gasteiger partial charge is 0.493 e. The highest BCUT2D eigenvalue weighted by atomic mass is 32.1. The maximum atomic E-state index is 14.2. The van der Waals surface area contributed by atoms with Gasteiger partial charge in [0, 0.05) is 30.0 Å². The number of hydrogen-bond donors (Lipinski definition) is 2. The number of nitrogens with zero attached hydrogens (tertiary/aromatic N) is 1. The minimum atomic E-state index is -0.660. The molecular formula is C23H27F2N3O2S. The predicted octanol–water partition coefficient (Wildman–Crippen LogP) is 4.13. The molecule has 0 saturated carbocycles. The highest BCUT2D eigenvalue weighted by Gasteiger charge is 2.37. The van der Waals surface area contributed by atoms with Crippen molar-refractivity contribution >= 4 is 23.1 Å². The van der Waals surface area contributed by atoms with Crippen molar-refractivity contribution in [2.75, 3.05) is 13.2 Å². The lowest BCUT2D eigenvalue weighted by Crippen LogP contribution is -2.51. The fourth-order valence-electron chi connectivity index (χ4n) is 3.73. The first-order valence-corrected chi connectivity index (χ1v) is 10.7. The Morgan fingerprint density at radius 1 is 1.26 bits per heavy atom. The van der Waals surface area contributed by atoms with Gasteiger partial charge < -0.3 is 10.1 Å². The summed E-state index contributed by atoms with van der Waals surface area (Å²) < 4.78 is 33.9. The van der Waals surface area contributed by atoms with Gasteiger partial charge in [0.05, 0.1) is 12.6 Å². The number of nitrogens with one attached hydrogen (secondary N) is 2. The van der Waals surface area contributed by atoms with E-state index >= 15 is 0 Å². The normalized spacial score (nSPS) is 17.6. The van der Waals surface area contributed by atoms with Crippen LogP contribution in [-0.2, 0) is 4.79 Å². The zero-order valence-corrected chi connectivity index (χ0v) is 18.6. The molecule has 1 heterocycles. The van der Waals surface area contributed by atoms with Crippen LogP contribution < -0.4 is 15.5 Å². The van der Waals surface area contributed by atoms with Crippen LogP contribution in [-0.4, -0.2) is 35.1 Å². The second-order valence-electron chi connectivity index (χ2n) is 7.91. The number of benzene rings is 2. The number of carbonyl (C=O) groups excluding carboxylic acids is 1. The zero-order valence-electron chi connectivity index (χ0n) is 17.8. The summed E-state index contributed by atoms with van der Waals surface area (Å²) in [6.45, 7) is 6.73. The number of hydrogen-bond acceptors (Lipinski definition) is 4. The summed E-state index contributed by atoms with van der Waals surface area (Å²) in [5.74, 6) is -0.895. The van der Waals surface area contributed by atoms with Gasteiger partial charge in [-0.05, 0) is 37.2 Å². The minimum absolute atomic E-state index is 0.0299. The topological polar surface area (TPSA) is 53.6 Å². The Morgan fingerprint density at radius 3 is 2.71 bits per heavy atom. The van der Waals surface area contributed by atoms with Gasteiger partial charge in [0.1, 0.15) is 22.4 Å². The van der Waals surface area contributed by atoms with Gasteiger partial charge in [-0.1, -0.05) is 44.3 Å². The van der Waals surface area contributed by atoms with E-state index in [9.17, 15) is 13.6 Å². The predicted molar refractivity (Wildman–Crippen MR) is 120 cm³/mol. The number of hydrazine groups is 1. The highest BCUT2D eigenvalue weighted by Crippen LogP contribution is 2.40. The maximum absolute atomic E-state index is 14.2. The Kier molecular flexibility index (Phi) is 7.56. The molecule has 3 rings (SSSR count). The molecule has 31 heavy (non-hydrogen) atoms. The summed E-state index contributed by atoms with van der Waals surface area (Å²) in [4.78, 5) is 12.6. The Labute approximate surface area is 186 Å². The van der Waals surface area contributed by atoms with Gasteiger partial charge in [0.25, 0.3) is 0 Å². The van der Waals surface area contributed by atoms with Crippen LogP contribution >= 0.6 is 12.2 Å². The van der Waals surface area contributed by atoms with Crippen molar-refractivity contribution in [1.82, 2.24) is 15.8 Å². The Hall–Kier alpha value is -2.58. The van der Waals surface area contributed by atoms with Crippen LogP contribution in [0.5, 0.6) is 5.75 Å². The average molecular weight is 448 g/mol. The van der Waals surface area contributed by atoms with Gasteiger partial charge >= 0.3 is 0 Å². The molecule has 2 atom stereocenters. The number of rotatable bonds is 6. The van der Waals surface area contributed by atoms with Gasteiger partial charge in [0.2, 0.25) is 5.91 Å². The first kappa shape index (κ1) is 23.1. The Morgan fingerprint density at radius 2 is 2.00 bits per heavy atom. The molecule has 0 aromatic heterocycles. The smallest absolute Gasteiger partial charge is 0.238 e. The monoisotopic (exact) mass is 447 g/mol. The summed E-state index contributed by atoms with van der Waals surface area (Å²) in [6.07, 6.45) is 0.754. The number of ether oxygens (including phenoxy) is 1. The third kappa shape index (κ3) is 5.57. The van der Waals surface area contributed by atoms with E-state index < -0.39 is 11.6 Å². The fraction of sp³-hybridized carbons (Fsp3) is 0.391. The van der Waals surface area contributed by atoms with Crippen LogP contribution in [0.2, 0.25) is 0 Å². The number of halogens is 2. The van der Waals surface area contributed by atoms with Gasteiger partial charge in [-0.3, -0.25) is 10.2 Å². The summed E-state index contributed by atoms with van der Waals surface area (Å²) >= 11 is 5.34. The van der Waals surface area contributed by atoms with Gasteiger partial charge in [0.15, 0.2) is 0 Å². The molecule has 2 unspecified atom stereocenters. The molecule has 0 aliphatic carbocycles. The Balaban J connectivity index is 1.92. The van der Waals surface area contributed by atoms with Crippen molar-refractivity contribution < 1.29 is 18.3 Å². The van der Waals surface area contributed by atoms with Crippen molar-refractivity contribution in [1.29, 1.82) is 0 Å². The lowest BCUT2D eigenvalue weighted by Gasteiger charge is -2.41. The van der Waals surface area contributed by atoms with Crippen molar-refractivity contribution in [3.63, 3.8) is 0 Å². The molecule has 0 saturated heterocycles. The molecule has 1 aliphatic heterocycles. The van der Waals surface area contributed by atoms with Crippen LogP contribution in [0.15, 0.2) is 42.5 Å². The molecule has 166 valence electrons. The lowest BCUT2D eigenvalue weighted by atomic mass is 9.87. The van der Waals surface area contributed by atoms with Crippen LogP contribution in [0.25, 0.3) is 0 Å². The summed E-state index contributed by atoms with van der Waals surface area (Å²) in [5, 5.41) is 4.80. The number of carbonyl (C=O) groups is 1. The van der Waals surface area contributed by atoms with Crippen LogP contribution in [0.1, 0.15) is 44.4 Å². The third-order valence-electron chi connectivity index (χ3n) is 5.22. The number of thiocarbonyl (C=S) groups is 1.